The Bertz CT molecular complexity index is 1480. The topological polar surface area (TPSA) is 91.3 Å². The molecule has 2 aliphatic rings. The summed E-state index contributed by atoms with van der Waals surface area (Å²) in [5.41, 5.74) is 1.18. The number of fused-ring (bicyclic) bond motifs is 1. The third kappa shape index (κ3) is 5.62. The number of benzene rings is 1. The van der Waals surface area contributed by atoms with Gasteiger partial charge in [-0.05, 0) is 55.3 Å². The number of halogens is 3. The highest BCUT2D eigenvalue weighted by Crippen LogP contribution is 2.36. The van der Waals surface area contributed by atoms with Crippen molar-refractivity contribution in [2.75, 3.05) is 29.9 Å². The summed E-state index contributed by atoms with van der Waals surface area (Å²) in [6, 6.07) is 8.79. The van der Waals surface area contributed by atoms with Gasteiger partial charge < -0.3 is 10.2 Å². The summed E-state index contributed by atoms with van der Waals surface area (Å²) in [6.45, 7) is 5.23. The second kappa shape index (κ2) is 10.6. The highest BCUT2D eigenvalue weighted by Gasteiger charge is 2.35. The molecule has 0 radical (unpaired) electrons. The number of anilines is 3. The summed E-state index contributed by atoms with van der Waals surface area (Å²) in [7, 11) is -3.53. The minimum atomic E-state index is -4.54. The molecular formula is C27H29F3N6O2S. The van der Waals surface area contributed by atoms with Crippen molar-refractivity contribution in [2.24, 2.45) is 0 Å². The van der Waals surface area contributed by atoms with Crippen LogP contribution in [0.15, 0.2) is 53.7 Å². The maximum atomic E-state index is 13.6. The Morgan fingerprint density at radius 3 is 2.38 bits per heavy atom. The highest BCUT2D eigenvalue weighted by atomic mass is 32.2. The van der Waals surface area contributed by atoms with E-state index >= 15 is 0 Å². The van der Waals surface area contributed by atoms with Crippen LogP contribution in [0, 0.1) is 0 Å². The number of nitrogens with one attached hydrogen (secondary N) is 1. The van der Waals surface area contributed by atoms with Gasteiger partial charge in [0.2, 0.25) is 10.0 Å². The first-order chi connectivity index (χ1) is 18.5. The zero-order chi connectivity index (χ0) is 27.8. The molecule has 0 atom stereocenters. The van der Waals surface area contributed by atoms with Crippen LogP contribution < -0.4 is 10.2 Å². The lowest BCUT2D eigenvalue weighted by atomic mass is 10.1. The van der Waals surface area contributed by atoms with E-state index < -0.39 is 21.8 Å². The van der Waals surface area contributed by atoms with Crippen LogP contribution in [0.25, 0.3) is 6.08 Å². The van der Waals surface area contributed by atoms with Crippen LogP contribution in [0.5, 0.6) is 0 Å². The monoisotopic (exact) mass is 558 g/mol. The Balaban J connectivity index is 1.46. The van der Waals surface area contributed by atoms with Gasteiger partial charge >= 0.3 is 6.18 Å². The summed E-state index contributed by atoms with van der Waals surface area (Å²) < 4.78 is 68.2. The molecule has 1 N–H and O–H groups in total. The molecule has 1 fully saturated rings. The second-order valence-electron chi connectivity index (χ2n) is 9.84. The molecule has 39 heavy (non-hydrogen) atoms. The molecule has 3 aromatic rings. The lowest BCUT2D eigenvalue weighted by Crippen LogP contribution is -2.27. The molecular weight excluding hydrogens is 529 g/mol. The van der Waals surface area contributed by atoms with Crippen LogP contribution in [0.1, 0.15) is 55.3 Å². The van der Waals surface area contributed by atoms with E-state index in [-0.39, 0.29) is 23.2 Å². The van der Waals surface area contributed by atoms with Crippen LogP contribution in [-0.2, 0) is 22.6 Å². The normalized spacial score (nSPS) is 16.4. The van der Waals surface area contributed by atoms with Crippen molar-refractivity contribution in [1.29, 1.82) is 0 Å². The maximum absolute atomic E-state index is 13.6. The van der Waals surface area contributed by atoms with Crippen molar-refractivity contribution < 1.29 is 21.6 Å². The van der Waals surface area contributed by atoms with Crippen molar-refractivity contribution in [2.45, 2.75) is 50.1 Å². The molecule has 5 rings (SSSR count). The van der Waals surface area contributed by atoms with Gasteiger partial charge in [0.05, 0.1) is 16.2 Å². The molecule has 2 aliphatic heterocycles. The first-order valence-electron chi connectivity index (χ1n) is 12.8. The van der Waals surface area contributed by atoms with Gasteiger partial charge in [0.1, 0.15) is 17.5 Å². The minimum Gasteiger partial charge on any atom is -0.340 e. The number of nitrogens with zero attached hydrogens (tertiary/aromatic N) is 5. The molecule has 0 amide bonds. The number of pyridine rings is 1. The Morgan fingerprint density at radius 1 is 1.00 bits per heavy atom. The second-order valence-corrected chi connectivity index (χ2v) is 11.8. The fourth-order valence-electron chi connectivity index (χ4n) is 4.67. The van der Waals surface area contributed by atoms with E-state index in [0.717, 1.165) is 18.9 Å². The maximum Gasteiger partial charge on any atom is 0.419 e. The summed E-state index contributed by atoms with van der Waals surface area (Å²) in [5, 5.41) is 3.27. The Labute approximate surface area is 225 Å². The molecule has 0 aliphatic carbocycles. The third-order valence-electron chi connectivity index (χ3n) is 6.75. The number of alkyl halides is 3. The molecule has 8 nitrogen and oxygen atoms in total. The lowest BCUT2D eigenvalue weighted by Gasteiger charge is -2.21. The van der Waals surface area contributed by atoms with E-state index in [1.807, 2.05) is 13.8 Å². The minimum absolute atomic E-state index is 0.0137. The zero-order valence-corrected chi connectivity index (χ0v) is 22.4. The number of hydrogen-bond acceptors (Lipinski definition) is 7. The molecule has 1 saturated heterocycles. The molecule has 0 bridgehead atoms. The van der Waals surface area contributed by atoms with Crippen LogP contribution >= 0.6 is 0 Å². The van der Waals surface area contributed by atoms with Crippen LogP contribution in [0.4, 0.5) is 30.5 Å². The van der Waals surface area contributed by atoms with Crippen LogP contribution in [-0.4, -0.2) is 47.3 Å². The van der Waals surface area contributed by atoms with Crippen LogP contribution in [0.2, 0.25) is 0 Å². The van der Waals surface area contributed by atoms with Crippen molar-refractivity contribution in [3.8, 4) is 0 Å². The first kappa shape index (κ1) is 27.1. The zero-order valence-electron chi connectivity index (χ0n) is 21.6. The Hall–Kier alpha value is -3.51. The van der Waals surface area contributed by atoms with Gasteiger partial charge in [-0.3, -0.25) is 0 Å². The van der Waals surface area contributed by atoms with Crippen LogP contribution in [0.3, 0.4) is 0 Å². The first-order valence-corrected chi connectivity index (χ1v) is 14.2. The van der Waals surface area contributed by atoms with E-state index in [9.17, 15) is 21.6 Å². The van der Waals surface area contributed by atoms with Gasteiger partial charge in [0.15, 0.2) is 0 Å². The smallest absolute Gasteiger partial charge is 0.340 e. The van der Waals surface area contributed by atoms with Crippen molar-refractivity contribution in [3.63, 3.8) is 0 Å². The van der Waals surface area contributed by atoms with Gasteiger partial charge in [-0.2, -0.15) is 17.5 Å². The average molecular weight is 559 g/mol. The molecule has 4 heterocycles. The number of sulfonamides is 1. The van der Waals surface area contributed by atoms with Crippen molar-refractivity contribution in [3.05, 3.63) is 71.4 Å². The van der Waals surface area contributed by atoms with Gasteiger partial charge in [-0.25, -0.2) is 23.4 Å². The third-order valence-corrected chi connectivity index (χ3v) is 8.67. The number of hydrogen-bond donors (Lipinski definition) is 1. The quantitative estimate of drug-likeness (QED) is 0.423. The lowest BCUT2D eigenvalue weighted by molar-refractivity contribution is -0.137. The largest absolute Gasteiger partial charge is 0.419 e. The van der Waals surface area contributed by atoms with E-state index in [4.69, 9.17) is 9.97 Å². The molecule has 1 aromatic carbocycles. The summed E-state index contributed by atoms with van der Waals surface area (Å²) >= 11 is 0. The molecule has 206 valence electrons. The standard InChI is InChI=1S/C27H29F3N6O2S/c1-18(2)24-33-23-12-17-35(26-22(27(28,29)30)6-5-13-31-26)16-11-21(23)25(34-24)32-19-7-9-20(10-8-19)39(37,38)36-14-3-4-15-36/h5-11,13,16,18H,3-4,12,14-15,17H2,1-2H3,(H,32,33,34). The van der Waals surface area contributed by atoms with E-state index in [1.165, 1.54) is 21.5 Å². The van der Waals surface area contributed by atoms with E-state index in [2.05, 4.69) is 10.3 Å². The summed E-state index contributed by atoms with van der Waals surface area (Å²) in [4.78, 5) is 15.1. The highest BCUT2D eigenvalue weighted by molar-refractivity contribution is 7.89. The molecule has 2 aromatic heterocycles. The molecule has 0 spiro atoms. The van der Waals surface area contributed by atoms with E-state index in [1.54, 1.807) is 36.5 Å². The van der Waals surface area contributed by atoms with E-state index in [0.29, 0.717) is 48.1 Å². The summed E-state index contributed by atoms with van der Waals surface area (Å²) in [6.07, 6.45) is 2.15. The fraction of sp³-hybridized carbons (Fsp3) is 0.370. The Morgan fingerprint density at radius 2 is 1.72 bits per heavy atom. The van der Waals surface area contributed by atoms with Crippen molar-refractivity contribution in [1.82, 2.24) is 19.3 Å². The van der Waals surface area contributed by atoms with Crippen molar-refractivity contribution >= 4 is 33.4 Å². The number of aromatic nitrogens is 3. The SMILES string of the molecule is CC(C)c1nc2c(c(Nc3ccc(S(=O)(=O)N4CCCC4)cc3)n1)C=CN(c1ncccc1C(F)(F)F)CC2. The predicted octanol–water partition coefficient (Wildman–Crippen LogP) is 5.58. The van der Waals surface area contributed by atoms with Gasteiger partial charge in [0.25, 0.3) is 0 Å². The fourth-order valence-corrected chi connectivity index (χ4v) is 6.18. The van der Waals surface area contributed by atoms with Gasteiger partial charge in [-0.1, -0.05) is 13.8 Å². The molecule has 12 heteroatoms. The summed E-state index contributed by atoms with van der Waals surface area (Å²) in [5.74, 6) is 0.935. The number of rotatable bonds is 6. The van der Waals surface area contributed by atoms with Gasteiger partial charge in [0, 0.05) is 55.6 Å². The Kier molecular flexibility index (Phi) is 7.34. The predicted molar refractivity (Wildman–Crippen MR) is 143 cm³/mol. The molecule has 0 saturated carbocycles. The average Bonchev–Trinajstić information content (AvgIpc) is 3.37. The van der Waals surface area contributed by atoms with Gasteiger partial charge in [-0.15, -0.1) is 0 Å². The molecule has 0 unspecified atom stereocenters.